The molecule has 2 heterocycles. The molecule has 1 saturated heterocycles. The predicted octanol–water partition coefficient (Wildman–Crippen LogP) is 3.12. The number of carbonyl (C=O) groups is 3. The fourth-order valence-corrected chi connectivity index (χ4v) is 5.34. The lowest BCUT2D eigenvalue weighted by Crippen LogP contribution is -2.50. The van der Waals surface area contributed by atoms with E-state index in [2.05, 4.69) is 16.4 Å². The van der Waals surface area contributed by atoms with Gasteiger partial charge in [-0.2, -0.15) is 11.8 Å². The summed E-state index contributed by atoms with van der Waals surface area (Å²) < 4.78 is 0. The summed E-state index contributed by atoms with van der Waals surface area (Å²) in [6, 6.07) is 7.38. The Balaban J connectivity index is 1.43. The van der Waals surface area contributed by atoms with Crippen molar-refractivity contribution in [3.05, 3.63) is 36.0 Å². The molecule has 0 unspecified atom stereocenters. The summed E-state index contributed by atoms with van der Waals surface area (Å²) in [4.78, 5) is 43.6. The Labute approximate surface area is 181 Å². The Morgan fingerprint density at radius 3 is 2.60 bits per heavy atom. The zero-order chi connectivity index (χ0) is 21.1. The van der Waals surface area contributed by atoms with E-state index in [1.165, 1.54) is 4.90 Å². The summed E-state index contributed by atoms with van der Waals surface area (Å²) in [5.74, 6) is -0.203. The minimum atomic E-state index is -0.703. The number of benzene rings is 1. The fourth-order valence-electron chi connectivity index (χ4n) is 4.88. The molecule has 0 radical (unpaired) electrons. The zero-order valence-electron chi connectivity index (χ0n) is 17.4. The first-order valence-corrected chi connectivity index (χ1v) is 12.2. The average Bonchev–Trinajstić information content (AvgIpc) is 3.29. The molecule has 1 aromatic carbocycles. The molecular weight excluding hydrogens is 398 g/mol. The maximum atomic E-state index is 13.1. The number of thioether (sulfide) groups is 1. The molecule has 3 amide bonds. The molecule has 160 valence electrons. The molecule has 1 aromatic heterocycles. The molecule has 2 N–H and O–H groups in total. The van der Waals surface area contributed by atoms with E-state index in [1.54, 1.807) is 11.8 Å². The first kappa shape index (κ1) is 21.0. The summed E-state index contributed by atoms with van der Waals surface area (Å²) >= 11 is 1.62. The summed E-state index contributed by atoms with van der Waals surface area (Å²) in [7, 11) is 0. The minimum Gasteiger partial charge on any atom is -0.361 e. The number of hydrogen-bond acceptors (Lipinski definition) is 4. The second-order valence-electron chi connectivity index (χ2n) is 8.24. The highest BCUT2D eigenvalue weighted by Crippen LogP contribution is 2.39. The van der Waals surface area contributed by atoms with Crippen molar-refractivity contribution in [3.8, 4) is 0 Å². The number of likely N-dealkylation sites (tertiary alicyclic amines) is 1. The number of amides is 3. The van der Waals surface area contributed by atoms with Gasteiger partial charge in [0.25, 0.3) is 0 Å². The van der Waals surface area contributed by atoms with Crippen molar-refractivity contribution < 1.29 is 14.4 Å². The van der Waals surface area contributed by atoms with Crippen molar-refractivity contribution in [1.82, 2.24) is 15.2 Å². The van der Waals surface area contributed by atoms with Gasteiger partial charge in [0.05, 0.1) is 11.8 Å². The predicted molar refractivity (Wildman–Crippen MR) is 119 cm³/mol. The van der Waals surface area contributed by atoms with Crippen LogP contribution in [0.25, 0.3) is 10.9 Å². The number of imide groups is 1. The van der Waals surface area contributed by atoms with Crippen LogP contribution in [0.5, 0.6) is 0 Å². The van der Waals surface area contributed by atoms with Crippen LogP contribution < -0.4 is 5.32 Å². The normalized spacial score (nSPS) is 22.4. The second-order valence-corrected chi connectivity index (χ2v) is 9.23. The number of aromatic nitrogens is 1. The first-order chi connectivity index (χ1) is 14.6. The number of H-pyrrole nitrogens is 1. The maximum Gasteiger partial charge on any atom is 0.243 e. The molecule has 1 aliphatic heterocycles. The average molecular weight is 428 g/mol. The summed E-state index contributed by atoms with van der Waals surface area (Å²) in [6.07, 6.45) is 8.64. The van der Waals surface area contributed by atoms with Crippen LogP contribution in [-0.2, 0) is 20.8 Å². The van der Waals surface area contributed by atoms with E-state index in [4.69, 9.17) is 0 Å². The van der Waals surface area contributed by atoms with E-state index in [0.717, 1.165) is 47.9 Å². The molecule has 4 rings (SSSR count). The number of nitrogens with zero attached hydrogens (tertiary/aromatic N) is 1. The Morgan fingerprint density at radius 1 is 1.20 bits per heavy atom. The standard InChI is InChI=1S/C23H29N3O3S/c1-30-13-11-20(26-22(28)17-7-2-3-8-18(17)23(26)29)21(27)24-12-10-15-14-25-19-9-5-4-6-16(15)19/h4-6,9,14,17-18,20,25H,2-3,7-8,10-13H2,1H3,(H,24,27)/t17-,18+,20-/m0/s1. The third kappa shape index (κ3) is 4.00. The van der Waals surface area contributed by atoms with Crippen LogP contribution in [0.2, 0.25) is 0 Å². The molecule has 1 saturated carbocycles. The van der Waals surface area contributed by atoms with Crippen molar-refractivity contribution in [1.29, 1.82) is 0 Å². The highest BCUT2D eigenvalue weighted by molar-refractivity contribution is 7.98. The van der Waals surface area contributed by atoms with Crippen molar-refractivity contribution in [2.24, 2.45) is 11.8 Å². The van der Waals surface area contributed by atoms with Gasteiger partial charge in [0.2, 0.25) is 17.7 Å². The van der Waals surface area contributed by atoms with E-state index in [1.807, 2.05) is 30.7 Å². The van der Waals surface area contributed by atoms with Gasteiger partial charge in [-0.3, -0.25) is 19.3 Å². The largest absolute Gasteiger partial charge is 0.361 e. The molecule has 1 aliphatic carbocycles. The Morgan fingerprint density at radius 2 is 1.90 bits per heavy atom. The van der Waals surface area contributed by atoms with Gasteiger partial charge in [-0.25, -0.2) is 0 Å². The van der Waals surface area contributed by atoms with Crippen LogP contribution in [0, 0.1) is 11.8 Å². The molecule has 2 fully saturated rings. The van der Waals surface area contributed by atoms with Gasteiger partial charge in [0.1, 0.15) is 6.04 Å². The molecular formula is C23H29N3O3S. The van der Waals surface area contributed by atoms with Crippen LogP contribution in [0.15, 0.2) is 30.5 Å². The Hall–Kier alpha value is -2.28. The molecule has 2 aliphatic rings. The number of rotatable bonds is 8. The second kappa shape index (κ2) is 9.25. The van der Waals surface area contributed by atoms with E-state index in [-0.39, 0.29) is 29.6 Å². The number of para-hydroxylation sites is 1. The van der Waals surface area contributed by atoms with Crippen LogP contribution in [0.3, 0.4) is 0 Å². The van der Waals surface area contributed by atoms with Crippen molar-refractivity contribution in [2.75, 3.05) is 18.6 Å². The van der Waals surface area contributed by atoms with Crippen LogP contribution in [0.1, 0.15) is 37.7 Å². The third-order valence-corrected chi connectivity index (χ3v) is 7.10. The topological polar surface area (TPSA) is 82.3 Å². The number of hydrogen-bond donors (Lipinski definition) is 2. The lowest BCUT2D eigenvalue weighted by molar-refractivity contribution is -0.148. The van der Waals surface area contributed by atoms with Gasteiger partial charge < -0.3 is 10.3 Å². The van der Waals surface area contributed by atoms with Crippen molar-refractivity contribution in [3.63, 3.8) is 0 Å². The molecule has 0 spiro atoms. The van der Waals surface area contributed by atoms with Crippen LogP contribution in [0.4, 0.5) is 0 Å². The van der Waals surface area contributed by atoms with Crippen LogP contribution >= 0.6 is 11.8 Å². The third-order valence-electron chi connectivity index (χ3n) is 6.45. The summed E-state index contributed by atoms with van der Waals surface area (Å²) in [6.45, 7) is 0.472. The number of fused-ring (bicyclic) bond motifs is 2. The van der Waals surface area contributed by atoms with Crippen molar-refractivity contribution in [2.45, 2.75) is 44.6 Å². The summed E-state index contributed by atoms with van der Waals surface area (Å²) in [5.41, 5.74) is 2.22. The Kier molecular flexibility index (Phi) is 6.46. The summed E-state index contributed by atoms with van der Waals surface area (Å²) in [5, 5.41) is 4.14. The first-order valence-electron chi connectivity index (χ1n) is 10.8. The fraction of sp³-hybridized carbons (Fsp3) is 0.522. The van der Waals surface area contributed by atoms with E-state index < -0.39 is 6.04 Å². The molecule has 7 heteroatoms. The van der Waals surface area contributed by atoms with Gasteiger partial charge in [-0.15, -0.1) is 0 Å². The lowest BCUT2D eigenvalue weighted by Gasteiger charge is -2.25. The van der Waals surface area contributed by atoms with E-state index >= 15 is 0 Å². The molecule has 0 bridgehead atoms. The maximum absolute atomic E-state index is 13.1. The monoisotopic (exact) mass is 427 g/mol. The molecule has 3 atom stereocenters. The molecule has 6 nitrogen and oxygen atoms in total. The van der Waals surface area contributed by atoms with Gasteiger partial charge >= 0.3 is 0 Å². The minimum absolute atomic E-state index is 0.136. The molecule has 2 aromatic rings. The SMILES string of the molecule is CSCC[C@@H](C(=O)NCCc1c[nH]c2ccccc12)N1C(=O)[C@H]2CCCC[C@H]2C1=O. The van der Waals surface area contributed by atoms with Crippen molar-refractivity contribution >= 4 is 40.4 Å². The zero-order valence-corrected chi connectivity index (χ0v) is 18.2. The number of nitrogens with one attached hydrogen (secondary N) is 2. The van der Waals surface area contributed by atoms with Gasteiger partial charge in [0, 0.05) is 23.6 Å². The number of carbonyl (C=O) groups excluding carboxylic acids is 3. The smallest absolute Gasteiger partial charge is 0.243 e. The quantitative estimate of drug-likeness (QED) is 0.634. The lowest BCUT2D eigenvalue weighted by atomic mass is 9.81. The van der Waals surface area contributed by atoms with Gasteiger partial charge in [-0.05, 0) is 49.3 Å². The van der Waals surface area contributed by atoms with E-state index in [0.29, 0.717) is 19.4 Å². The highest BCUT2D eigenvalue weighted by Gasteiger charge is 2.51. The van der Waals surface area contributed by atoms with Crippen LogP contribution in [-0.4, -0.2) is 52.2 Å². The van der Waals surface area contributed by atoms with Gasteiger partial charge in [-0.1, -0.05) is 31.0 Å². The Bertz CT molecular complexity index is 917. The molecule has 30 heavy (non-hydrogen) atoms. The highest BCUT2D eigenvalue weighted by atomic mass is 32.2. The number of aromatic amines is 1. The van der Waals surface area contributed by atoms with Gasteiger partial charge in [0.15, 0.2) is 0 Å². The van der Waals surface area contributed by atoms with E-state index in [9.17, 15) is 14.4 Å².